The van der Waals surface area contributed by atoms with Gasteiger partial charge in [0.05, 0.1) is 25.4 Å². The molecule has 1 aromatic rings. The molecule has 3 heterocycles. The molecule has 0 bridgehead atoms. The normalized spacial score (nSPS) is 31.4. The summed E-state index contributed by atoms with van der Waals surface area (Å²) in [5, 5.41) is 0. The molecule has 2 aliphatic heterocycles. The molecule has 3 aliphatic rings. The van der Waals surface area contributed by atoms with Crippen molar-refractivity contribution in [1.82, 2.24) is 14.8 Å². The van der Waals surface area contributed by atoms with Crippen LogP contribution in [-0.2, 0) is 16.0 Å². The monoisotopic (exact) mass is 331 g/mol. The van der Waals surface area contributed by atoms with E-state index in [2.05, 4.69) is 20.9 Å². The molecule has 3 atom stereocenters. The Balaban J connectivity index is 1.29. The summed E-state index contributed by atoms with van der Waals surface area (Å²) in [6.07, 6.45) is 9.33. The van der Waals surface area contributed by atoms with Crippen LogP contribution in [0, 0.1) is 0 Å². The maximum atomic E-state index is 6.23. The molecule has 0 aromatic carbocycles. The molecule has 0 N–H and O–H groups in total. The lowest BCUT2D eigenvalue weighted by Gasteiger charge is -2.39. The smallest absolute Gasteiger partial charge is 0.0992 e. The van der Waals surface area contributed by atoms with Crippen LogP contribution in [0.3, 0.4) is 0 Å². The Hall–Kier alpha value is -1.01. The van der Waals surface area contributed by atoms with Gasteiger partial charge in [-0.2, -0.15) is 0 Å². The van der Waals surface area contributed by atoms with Gasteiger partial charge in [0.25, 0.3) is 0 Å². The number of morpholine rings is 1. The number of aromatic nitrogens is 1. The second-order valence-electron chi connectivity index (χ2n) is 7.27. The lowest BCUT2D eigenvalue weighted by atomic mass is 10.1. The minimum Gasteiger partial charge on any atom is -0.374 e. The summed E-state index contributed by atoms with van der Waals surface area (Å²) in [6, 6.07) is 4.68. The summed E-state index contributed by atoms with van der Waals surface area (Å²) < 4.78 is 12.3. The van der Waals surface area contributed by atoms with Crippen molar-refractivity contribution in [2.75, 3.05) is 39.4 Å². The Morgan fingerprint density at radius 2 is 2.12 bits per heavy atom. The van der Waals surface area contributed by atoms with Gasteiger partial charge in [-0.15, -0.1) is 0 Å². The average molecular weight is 331 g/mol. The van der Waals surface area contributed by atoms with Crippen LogP contribution in [-0.4, -0.2) is 72.4 Å². The fraction of sp³-hybridized carbons (Fsp3) is 0.737. The first-order valence-corrected chi connectivity index (χ1v) is 9.49. The first-order chi connectivity index (χ1) is 11.9. The third-order valence-electron chi connectivity index (χ3n) is 5.70. The molecule has 5 nitrogen and oxygen atoms in total. The molecule has 1 aliphatic carbocycles. The summed E-state index contributed by atoms with van der Waals surface area (Å²) >= 11 is 0. The van der Waals surface area contributed by atoms with Crippen LogP contribution in [0.25, 0.3) is 0 Å². The SMILES string of the molecule is c1cncc(CN2CCO[C@@H]3[C@@H](OCCN4CCCC4)CC[C@H]32)c1. The van der Waals surface area contributed by atoms with Crippen molar-refractivity contribution in [2.45, 2.75) is 50.5 Å². The van der Waals surface area contributed by atoms with E-state index >= 15 is 0 Å². The summed E-state index contributed by atoms with van der Waals surface area (Å²) in [4.78, 5) is 9.32. The van der Waals surface area contributed by atoms with Gasteiger partial charge in [0.2, 0.25) is 0 Å². The highest BCUT2D eigenvalue weighted by atomic mass is 16.5. The van der Waals surface area contributed by atoms with E-state index in [1.165, 1.54) is 37.9 Å². The molecule has 0 amide bonds. The van der Waals surface area contributed by atoms with E-state index in [9.17, 15) is 0 Å². The zero-order valence-corrected chi connectivity index (χ0v) is 14.5. The highest BCUT2D eigenvalue weighted by Gasteiger charge is 2.43. The lowest BCUT2D eigenvalue weighted by Crippen LogP contribution is -2.51. The number of rotatable bonds is 6. The zero-order chi connectivity index (χ0) is 16.2. The topological polar surface area (TPSA) is 37.8 Å². The van der Waals surface area contributed by atoms with E-state index in [-0.39, 0.29) is 12.2 Å². The van der Waals surface area contributed by atoms with Gasteiger partial charge < -0.3 is 14.4 Å². The Morgan fingerprint density at radius 1 is 1.21 bits per heavy atom. The van der Waals surface area contributed by atoms with E-state index < -0.39 is 0 Å². The second-order valence-corrected chi connectivity index (χ2v) is 7.27. The fourth-order valence-corrected chi connectivity index (χ4v) is 4.43. The van der Waals surface area contributed by atoms with E-state index in [1.54, 1.807) is 0 Å². The number of fused-ring (bicyclic) bond motifs is 1. The van der Waals surface area contributed by atoms with Crippen LogP contribution in [0.4, 0.5) is 0 Å². The highest BCUT2D eigenvalue weighted by Crippen LogP contribution is 2.33. The van der Waals surface area contributed by atoms with Gasteiger partial charge in [0.15, 0.2) is 0 Å². The average Bonchev–Trinajstić information content (AvgIpc) is 3.27. The molecule has 1 saturated carbocycles. The van der Waals surface area contributed by atoms with Gasteiger partial charge in [0.1, 0.15) is 0 Å². The molecule has 2 saturated heterocycles. The Bertz CT molecular complexity index is 507. The first kappa shape index (κ1) is 16.5. The minimum atomic E-state index is 0.244. The van der Waals surface area contributed by atoms with Gasteiger partial charge in [-0.25, -0.2) is 0 Å². The van der Waals surface area contributed by atoms with Crippen molar-refractivity contribution >= 4 is 0 Å². The van der Waals surface area contributed by atoms with Crippen LogP contribution >= 0.6 is 0 Å². The van der Waals surface area contributed by atoms with Crippen molar-refractivity contribution in [3.8, 4) is 0 Å². The predicted molar refractivity (Wildman–Crippen MR) is 92.8 cm³/mol. The molecule has 0 radical (unpaired) electrons. The molecule has 4 rings (SSSR count). The second kappa shape index (κ2) is 7.91. The van der Waals surface area contributed by atoms with Gasteiger partial charge in [-0.05, 0) is 50.4 Å². The van der Waals surface area contributed by atoms with Crippen LogP contribution in [0.1, 0.15) is 31.2 Å². The van der Waals surface area contributed by atoms with Crippen molar-refractivity contribution < 1.29 is 9.47 Å². The number of hydrogen-bond acceptors (Lipinski definition) is 5. The summed E-state index contributed by atoms with van der Waals surface area (Å²) in [5.41, 5.74) is 1.29. The highest BCUT2D eigenvalue weighted by molar-refractivity contribution is 5.09. The van der Waals surface area contributed by atoms with Crippen molar-refractivity contribution in [3.63, 3.8) is 0 Å². The lowest BCUT2D eigenvalue weighted by molar-refractivity contribution is -0.116. The van der Waals surface area contributed by atoms with E-state index in [0.29, 0.717) is 6.04 Å². The molecular formula is C19H29N3O2. The van der Waals surface area contributed by atoms with E-state index in [1.807, 2.05) is 18.5 Å². The van der Waals surface area contributed by atoms with Crippen LogP contribution < -0.4 is 0 Å². The fourth-order valence-electron chi connectivity index (χ4n) is 4.43. The molecule has 0 spiro atoms. The zero-order valence-electron chi connectivity index (χ0n) is 14.5. The van der Waals surface area contributed by atoms with Crippen LogP contribution in [0.2, 0.25) is 0 Å². The van der Waals surface area contributed by atoms with Gasteiger partial charge in [-0.1, -0.05) is 6.07 Å². The molecule has 132 valence electrons. The summed E-state index contributed by atoms with van der Waals surface area (Å²) in [5.74, 6) is 0. The molecule has 1 aromatic heterocycles. The molecular weight excluding hydrogens is 302 g/mol. The third kappa shape index (κ3) is 3.80. The Labute approximate surface area is 144 Å². The van der Waals surface area contributed by atoms with Crippen molar-refractivity contribution in [2.24, 2.45) is 0 Å². The van der Waals surface area contributed by atoms with Gasteiger partial charge in [0, 0.05) is 38.1 Å². The summed E-state index contributed by atoms with van der Waals surface area (Å²) in [6.45, 7) is 7.21. The van der Waals surface area contributed by atoms with E-state index in [4.69, 9.17) is 9.47 Å². The molecule has 3 fully saturated rings. The van der Waals surface area contributed by atoms with Gasteiger partial charge in [-0.3, -0.25) is 9.88 Å². The molecule has 5 heteroatoms. The molecule has 0 unspecified atom stereocenters. The van der Waals surface area contributed by atoms with Crippen molar-refractivity contribution in [1.29, 1.82) is 0 Å². The number of nitrogens with zero attached hydrogens (tertiary/aromatic N) is 3. The standard InChI is InChI=1S/C19H29N3O2/c1-2-9-21(8-1)10-12-23-18-6-5-17-19(18)24-13-11-22(17)15-16-4-3-7-20-14-16/h3-4,7,14,17-19H,1-2,5-6,8-13,15H2/t17-,18+,19+/m1/s1. The Kier molecular flexibility index (Phi) is 5.43. The maximum absolute atomic E-state index is 6.23. The number of hydrogen-bond donors (Lipinski definition) is 0. The number of likely N-dealkylation sites (tertiary alicyclic amines) is 1. The van der Waals surface area contributed by atoms with E-state index in [0.717, 1.165) is 39.3 Å². The first-order valence-electron chi connectivity index (χ1n) is 9.49. The summed E-state index contributed by atoms with van der Waals surface area (Å²) in [7, 11) is 0. The number of ether oxygens (including phenoxy) is 2. The quantitative estimate of drug-likeness (QED) is 0.796. The molecule has 24 heavy (non-hydrogen) atoms. The number of pyridine rings is 1. The third-order valence-corrected chi connectivity index (χ3v) is 5.70. The Morgan fingerprint density at radius 3 is 2.96 bits per heavy atom. The van der Waals surface area contributed by atoms with Gasteiger partial charge >= 0.3 is 0 Å². The van der Waals surface area contributed by atoms with Crippen LogP contribution in [0.5, 0.6) is 0 Å². The van der Waals surface area contributed by atoms with Crippen molar-refractivity contribution in [3.05, 3.63) is 30.1 Å². The largest absolute Gasteiger partial charge is 0.374 e. The minimum absolute atomic E-state index is 0.244. The van der Waals surface area contributed by atoms with Crippen LogP contribution in [0.15, 0.2) is 24.5 Å². The maximum Gasteiger partial charge on any atom is 0.0992 e. The predicted octanol–water partition coefficient (Wildman–Crippen LogP) is 1.93.